The van der Waals surface area contributed by atoms with Gasteiger partial charge in [0.15, 0.2) is 0 Å². The summed E-state index contributed by atoms with van der Waals surface area (Å²) in [7, 11) is 0. The SMILES string of the molecule is NCc1ccc(CN(Cc2ccccn2)C2CCCc3ccccc32)cc1. The maximum Gasteiger partial charge on any atom is 0.0544 e. The molecule has 0 saturated heterocycles. The van der Waals surface area contributed by atoms with Crippen LogP contribution in [0.2, 0.25) is 0 Å². The number of rotatable bonds is 6. The van der Waals surface area contributed by atoms with Crippen LogP contribution in [0.4, 0.5) is 0 Å². The van der Waals surface area contributed by atoms with E-state index < -0.39 is 0 Å². The Balaban J connectivity index is 1.63. The first-order chi connectivity index (χ1) is 13.3. The highest BCUT2D eigenvalue weighted by Gasteiger charge is 2.26. The van der Waals surface area contributed by atoms with E-state index in [4.69, 9.17) is 5.73 Å². The smallest absolute Gasteiger partial charge is 0.0544 e. The summed E-state index contributed by atoms with van der Waals surface area (Å²) in [6, 6.07) is 24.3. The summed E-state index contributed by atoms with van der Waals surface area (Å²) in [4.78, 5) is 7.16. The molecule has 4 rings (SSSR count). The molecule has 1 atom stereocenters. The Kier molecular flexibility index (Phi) is 5.61. The van der Waals surface area contributed by atoms with Crippen molar-refractivity contribution in [2.45, 2.75) is 44.9 Å². The van der Waals surface area contributed by atoms with Crippen LogP contribution >= 0.6 is 0 Å². The Morgan fingerprint density at radius 2 is 1.67 bits per heavy atom. The van der Waals surface area contributed by atoms with Gasteiger partial charge in [-0.1, -0.05) is 54.6 Å². The number of aryl methyl sites for hydroxylation is 1. The van der Waals surface area contributed by atoms with E-state index in [1.54, 1.807) is 0 Å². The minimum atomic E-state index is 0.436. The molecule has 138 valence electrons. The van der Waals surface area contributed by atoms with E-state index in [0.29, 0.717) is 12.6 Å². The number of aromatic nitrogens is 1. The number of hydrogen-bond donors (Lipinski definition) is 1. The van der Waals surface area contributed by atoms with Gasteiger partial charge in [0.25, 0.3) is 0 Å². The van der Waals surface area contributed by atoms with Crippen LogP contribution < -0.4 is 5.73 Å². The number of fused-ring (bicyclic) bond motifs is 1. The van der Waals surface area contributed by atoms with Crippen molar-refractivity contribution in [2.75, 3.05) is 0 Å². The fourth-order valence-corrected chi connectivity index (χ4v) is 4.10. The Labute approximate surface area is 161 Å². The van der Waals surface area contributed by atoms with Gasteiger partial charge in [0.05, 0.1) is 5.69 Å². The van der Waals surface area contributed by atoms with E-state index in [1.807, 2.05) is 12.3 Å². The van der Waals surface area contributed by atoms with Gasteiger partial charge in [-0.3, -0.25) is 9.88 Å². The molecule has 3 aromatic rings. The molecule has 1 aliphatic carbocycles. The first kappa shape index (κ1) is 17.9. The van der Waals surface area contributed by atoms with Crippen molar-refractivity contribution >= 4 is 0 Å². The lowest BCUT2D eigenvalue weighted by molar-refractivity contribution is 0.159. The van der Waals surface area contributed by atoms with E-state index in [2.05, 4.69) is 70.5 Å². The highest BCUT2D eigenvalue weighted by atomic mass is 15.2. The first-order valence-corrected chi connectivity index (χ1v) is 9.83. The van der Waals surface area contributed by atoms with E-state index in [9.17, 15) is 0 Å². The van der Waals surface area contributed by atoms with Crippen molar-refractivity contribution in [2.24, 2.45) is 5.73 Å². The van der Waals surface area contributed by atoms with Gasteiger partial charge in [-0.25, -0.2) is 0 Å². The minimum absolute atomic E-state index is 0.436. The van der Waals surface area contributed by atoms with Gasteiger partial charge in [0, 0.05) is 31.9 Å². The Morgan fingerprint density at radius 1 is 0.889 bits per heavy atom. The quantitative estimate of drug-likeness (QED) is 0.700. The molecule has 27 heavy (non-hydrogen) atoms. The number of nitrogens with zero attached hydrogens (tertiary/aromatic N) is 2. The third kappa shape index (κ3) is 4.26. The largest absolute Gasteiger partial charge is 0.326 e. The van der Waals surface area contributed by atoms with Gasteiger partial charge in [-0.05, 0) is 53.6 Å². The Hall–Kier alpha value is -2.49. The summed E-state index contributed by atoms with van der Waals surface area (Å²) in [5.74, 6) is 0. The molecule has 1 aromatic heterocycles. The molecule has 1 unspecified atom stereocenters. The highest BCUT2D eigenvalue weighted by Crippen LogP contribution is 2.35. The molecule has 2 N–H and O–H groups in total. The molecule has 0 bridgehead atoms. The van der Waals surface area contributed by atoms with Gasteiger partial charge in [0.2, 0.25) is 0 Å². The zero-order valence-electron chi connectivity index (χ0n) is 15.7. The van der Waals surface area contributed by atoms with E-state index >= 15 is 0 Å². The molecule has 3 heteroatoms. The van der Waals surface area contributed by atoms with Crippen LogP contribution in [0, 0.1) is 0 Å². The van der Waals surface area contributed by atoms with Crippen molar-refractivity contribution in [1.82, 2.24) is 9.88 Å². The van der Waals surface area contributed by atoms with Gasteiger partial charge in [0.1, 0.15) is 0 Å². The van der Waals surface area contributed by atoms with Crippen molar-refractivity contribution in [3.63, 3.8) is 0 Å². The molecule has 0 aliphatic heterocycles. The van der Waals surface area contributed by atoms with Crippen LogP contribution in [0.5, 0.6) is 0 Å². The maximum absolute atomic E-state index is 5.75. The Bertz CT molecular complexity index is 858. The number of nitrogens with two attached hydrogens (primary N) is 1. The summed E-state index contributed by atoms with van der Waals surface area (Å²) >= 11 is 0. The summed E-state index contributed by atoms with van der Waals surface area (Å²) in [5, 5.41) is 0. The first-order valence-electron chi connectivity index (χ1n) is 9.83. The van der Waals surface area contributed by atoms with E-state index in [0.717, 1.165) is 18.8 Å². The lowest BCUT2D eigenvalue weighted by Crippen LogP contribution is -2.31. The van der Waals surface area contributed by atoms with Crippen LogP contribution in [0.15, 0.2) is 72.9 Å². The number of pyridine rings is 1. The normalized spacial score (nSPS) is 16.3. The standard InChI is InChI=1S/C24H27N3/c25-16-19-11-13-20(14-12-19)17-27(18-22-8-3-4-15-26-22)24-10-5-7-21-6-1-2-9-23(21)24/h1-4,6,8-9,11-15,24H,5,7,10,16-18,25H2. The van der Waals surface area contributed by atoms with Crippen LogP contribution in [0.25, 0.3) is 0 Å². The second kappa shape index (κ2) is 8.47. The van der Waals surface area contributed by atoms with Gasteiger partial charge in [-0.15, -0.1) is 0 Å². The van der Waals surface area contributed by atoms with Crippen LogP contribution in [0.1, 0.15) is 46.8 Å². The summed E-state index contributed by atoms with van der Waals surface area (Å²) < 4.78 is 0. The summed E-state index contributed by atoms with van der Waals surface area (Å²) in [6.45, 7) is 2.37. The molecular weight excluding hydrogens is 330 g/mol. The fourth-order valence-electron chi connectivity index (χ4n) is 4.10. The third-order valence-electron chi connectivity index (χ3n) is 5.51. The van der Waals surface area contributed by atoms with Crippen LogP contribution in [-0.4, -0.2) is 9.88 Å². The zero-order valence-corrected chi connectivity index (χ0v) is 15.7. The molecule has 2 aromatic carbocycles. The molecular formula is C24H27N3. The zero-order chi connectivity index (χ0) is 18.5. The fraction of sp³-hybridized carbons (Fsp3) is 0.292. The number of hydrogen-bond acceptors (Lipinski definition) is 3. The lowest BCUT2D eigenvalue weighted by atomic mass is 9.86. The average Bonchev–Trinajstić information content (AvgIpc) is 2.74. The molecule has 3 nitrogen and oxygen atoms in total. The van der Waals surface area contributed by atoms with Gasteiger partial charge in [-0.2, -0.15) is 0 Å². The second-order valence-corrected chi connectivity index (χ2v) is 7.35. The predicted molar refractivity (Wildman–Crippen MR) is 110 cm³/mol. The van der Waals surface area contributed by atoms with E-state index in [1.165, 1.54) is 41.5 Å². The van der Waals surface area contributed by atoms with Crippen LogP contribution in [0.3, 0.4) is 0 Å². The van der Waals surface area contributed by atoms with Crippen molar-refractivity contribution < 1.29 is 0 Å². The topological polar surface area (TPSA) is 42.1 Å². The molecule has 0 amide bonds. The molecule has 1 heterocycles. The minimum Gasteiger partial charge on any atom is -0.326 e. The van der Waals surface area contributed by atoms with Crippen molar-refractivity contribution in [3.8, 4) is 0 Å². The summed E-state index contributed by atoms with van der Waals surface area (Å²) in [6.07, 6.45) is 5.52. The predicted octanol–water partition coefficient (Wildman–Crippen LogP) is 4.62. The maximum atomic E-state index is 5.75. The summed E-state index contributed by atoms with van der Waals surface area (Å²) in [5.41, 5.74) is 12.4. The average molecular weight is 358 g/mol. The molecule has 1 aliphatic rings. The third-order valence-corrected chi connectivity index (χ3v) is 5.51. The van der Waals surface area contributed by atoms with Crippen LogP contribution in [-0.2, 0) is 26.1 Å². The molecule has 0 fully saturated rings. The highest BCUT2D eigenvalue weighted by molar-refractivity contribution is 5.33. The second-order valence-electron chi connectivity index (χ2n) is 7.35. The number of benzene rings is 2. The molecule has 0 radical (unpaired) electrons. The molecule has 0 spiro atoms. The van der Waals surface area contributed by atoms with Gasteiger partial charge >= 0.3 is 0 Å². The lowest BCUT2D eigenvalue weighted by Gasteiger charge is -2.36. The Morgan fingerprint density at radius 3 is 2.44 bits per heavy atom. The molecule has 0 saturated carbocycles. The van der Waals surface area contributed by atoms with E-state index in [-0.39, 0.29) is 0 Å². The van der Waals surface area contributed by atoms with Gasteiger partial charge < -0.3 is 5.73 Å². The van der Waals surface area contributed by atoms with Crippen molar-refractivity contribution in [3.05, 3.63) is 101 Å². The van der Waals surface area contributed by atoms with Crippen molar-refractivity contribution in [1.29, 1.82) is 0 Å². The monoisotopic (exact) mass is 357 g/mol.